The summed E-state index contributed by atoms with van der Waals surface area (Å²) in [5.41, 5.74) is -2.14. The van der Waals surface area contributed by atoms with Gasteiger partial charge in [0, 0.05) is 16.8 Å². The molecule has 4 rings (SSSR count). The first kappa shape index (κ1) is 26.1. The normalized spacial score (nSPS) is 24.5. The molecule has 2 heterocycles. The maximum absolute atomic E-state index is 14.3. The van der Waals surface area contributed by atoms with Crippen LogP contribution in [0.15, 0.2) is 82.9 Å². The van der Waals surface area contributed by atoms with E-state index >= 15 is 0 Å². The topological polar surface area (TPSA) is 103 Å². The third kappa shape index (κ3) is 3.89. The molecule has 0 unspecified atom stereocenters. The number of fused-ring (bicyclic) bond motifs is 1. The highest BCUT2D eigenvalue weighted by atomic mass is 32.2. The fraction of sp³-hybridized carbons (Fsp3) is 0.310. The van der Waals surface area contributed by atoms with Crippen molar-refractivity contribution in [2.24, 2.45) is 11.3 Å². The summed E-state index contributed by atoms with van der Waals surface area (Å²) in [6.45, 7) is 3.85. The van der Waals surface area contributed by atoms with Gasteiger partial charge in [0.15, 0.2) is 11.0 Å². The molecular weight excluding hydrogens is 486 g/mol. The van der Waals surface area contributed by atoms with Gasteiger partial charge in [0.25, 0.3) is 0 Å². The number of carbonyl (C=O) groups excluding carboxylic acids is 2. The number of rotatable bonds is 7. The van der Waals surface area contributed by atoms with E-state index in [0.29, 0.717) is 16.9 Å². The third-order valence-electron chi connectivity index (χ3n) is 7.08. The number of allylic oxidation sites excluding steroid dienone is 2. The predicted molar refractivity (Wildman–Crippen MR) is 139 cm³/mol. The maximum atomic E-state index is 14.3. The van der Waals surface area contributed by atoms with Crippen molar-refractivity contribution < 1.29 is 19.1 Å². The van der Waals surface area contributed by atoms with Crippen molar-refractivity contribution in [2.45, 2.75) is 30.2 Å². The highest BCUT2D eigenvalue weighted by Crippen LogP contribution is 2.60. The molecule has 0 radical (unpaired) electrons. The van der Waals surface area contributed by atoms with E-state index in [1.165, 1.54) is 30.0 Å². The van der Waals surface area contributed by atoms with Crippen LogP contribution < -0.4 is 4.74 Å². The lowest BCUT2D eigenvalue weighted by Crippen LogP contribution is -2.49. The lowest BCUT2D eigenvalue weighted by Gasteiger charge is -2.39. The first-order valence-electron chi connectivity index (χ1n) is 11.8. The Kier molecular flexibility index (Phi) is 7.16. The first-order valence-corrected chi connectivity index (χ1v) is 12.8. The number of nitrogens with zero attached hydrogens (tertiary/aromatic N) is 3. The average Bonchev–Trinajstić information content (AvgIpc) is 3.16. The summed E-state index contributed by atoms with van der Waals surface area (Å²) in [6, 6.07) is 20.9. The Morgan fingerprint density at radius 1 is 1.11 bits per heavy atom. The molecule has 0 aliphatic carbocycles. The zero-order valence-corrected chi connectivity index (χ0v) is 21.9. The Bertz CT molecular complexity index is 1350. The Morgan fingerprint density at radius 3 is 2.32 bits per heavy atom. The van der Waals surface area contributed by atoms with Gasteiger partial charge in [-0.25, -0.2) is 0 Å². The first-order chi connectivity index (χ1) is 17.8. The van der Waals surface area contributed by atoms with Crippen LogP contribution in [-0.2, 0) is 14.3 Å². The highest BCUT2D eigenvalue weighted by Gasteiger charge is 2.73. The standard InChI is InChI=1S/C29H27N3O4S/c1-19(2)23-14-15-32-26(33)28(27(34)36-4,18-37-22-8-6-5-7-9-22)25(29(32,17-31)24(23)16-30)20-10-12-21(35-3)13-11-20/h5-15,19,25H,18H2,1-4H3/t25-,28-,29+/m1/s1. The average molecular weight is 514 g/mol. The van der Waals surface area contributed by atoms with Crippen LogP contribution >= 0.6 is 11.8 Å². The van der Waals surface area contributed by atoms with Crippen LogP contribution in [0, 0.1) is 34.0 Å². The van der Waals surface area contributed by atoms with Crippen molar-refractivity contribution in [3.8, 4) is 17.9 Å². The molecule has 0 N–H and O–H groups in total. The summed E-state index contributed by atoms with van der Waals surface area (Å²) in [4.78, 5) is 30.2. The third-order valence-corrected chi connectivity index (χ3v) is 8.28. The molecule has 3 atom stereocenters. The quantitative estimate of drug-likeness (QED) is 0.296. The molecule has 2 aromatic rings. The van der Waals surface area contributed by atoms with Gasteiger partial charge in [-0.3, -0.25) is 14.5 Å². The number of nitriles is 2. The summed E-state index contributed by atoms with van der Waals surface area (Å²) in [5, 5.41) is 21.2. The number of carbonyl (C=O) groups is 2. The molecule has 1 fully saturated rings. The van der Waals surface area contributed by atoms with E-state index in [4.69, 9.17) is 9.47 Å². The largest absolute Gasteiger partial charge is 0.497 e. The van der Waals surface area contributed by atoms with Gasteiger partial charge in [0.1, 0.15) is 5.75 Å². The second kappa shape index (κ2) is 10.2. The lowest BCUT2D eigenvalue weighted by atomic mass is 9.64. The number of methoxy groups -OCH3 is 2. The minimum absolute atomic E-state index is 0.0166. The van der Waals surface area contributed by atoms with Gasteiger partial charge in [-0.2, -0.15) is 10.5 Å². The summed E-state index contributed by atoms with van der Waals surface area (Å²) in [7, 11) is 2.78. The SMILES string of the molecule is COC(=O)[C@@]1(CSc2ccccc2)C(=O)N2C=CC(C(C)C)=C(C#N)[C@@]2(C#N)[C@@H]1c1ccc(OC)cc1. The van der Waals surface area contributed by atoms with Crippen molar-refractivity contribution >= 4 is 23.6 Å². The second-order valence-electron chi connectivity index (χ2n) is 9.24. The molecule has 7 nitrogen and oxygen atoms in total. The van der Waals surface area contributed by atoms with E-state index in [1.54, 1.807) is 37.5 Å². The summed E-state index contributed by atoms with van der Waals surface area (Å²) >= 11 is 1.34. The van der Waals surface area contributed by atoms with Crippen LogP contribution in [0.4, 0.5) is 0 Å². The number of esters is 1. The number of benzene rings is 2. The molecule has 37 heavy (non-hydrogen) atoms. The number of hydrogen-bond donors (Lipinski definition) is 0. The van der Waals surface area contributed by atoms with Crippen LogP contribution in [0.5, 0.6) is 5.75 Å². The van der Waals surface area contributed by atoms with E-state index in [0.717, 1.165) is 4.90 Å². The molecule has 188 valence electrons. The van der Waals surface area contributed by atoms with Gasteiger partial charge in [0.05, 0.1) is 37.8 Å². The van der Waals surface area contributed by atoms with Gasteiger partial charge < -0.3 is 9.47 Å². The Morgan fingerprint density at radius 2 is 1.78 bits per heavy atom. The van der Waals surface area contributed by atoms with Gasteiger partial charge >= 0.3 is 5.97 Å². The number of amides is 1. The summed E-state index contributed by atoms with van der Waals surface area (Å²) in [6.07, 6.45) is 3.23. The van der Waals surface area contributed by atoms with Crippen molar-refractivity contribution in [1.82, 2.24) is 4.90 Å². The number of hydrogen-bond acceptors (Lipinski definition) is 7. The summed E-state index contributed by atoms with van der Waals surface area (Å²) in [5.74, 6) is -1.83. The molecular formula is C29H27N3O4S. The molecule has 8 heteroatoms. The highest BCUT2D eigenvalue weighted by molar-refractivity contribution is 7.99. The number of thioether (sulfide) groups is 1. The minimum atomic E-state index is -1.78. The van der Waals surface area contributed by atoms with Crippen LogP contribution in [0.1, 0.15) is 25.3 Å². The van der Waals surface area contributed by atoms with Crippen LogP contribution in [0.25, 0.3) is 0 Å². The van der Waals surface area contributed by atoms with Crippen LogP contribution in [-0.4, -0.2) is 42.3 Å². The molecule has 2 aromatic carbocycles. The lowest BCUT2D eigenvalue weighted by molar-refractivity contribution is -0.157. The van der Waals surface area contributed by atoms with E-state index < -0.39 is 28.7 Å². The van der Waals surface area contributed by atoms with Gasteiger partial charge in [-0.15, -0.1) is 11.8 Å². The minimum Gasteiger partial charge on any atom is -0.497 e. The van der Waals surface area contributed by atoms with Crippen molar-refractivity contribution in [3.05, 3.63) is 83.6 Å². The Balaban J connectivity index is 2.04. The van der Waals surface area contributed by atoms with Gasteiger partial charge in [-0.1, -0.05) is 44.2 Å². The Labute approximate surface area is 221 Å². The van der Waals surface area contributed by atoms with Crippen LogP contribution in [0.3, 0.4) is 0 Å². The molecule has 2 aliphatic rings. The molecule has 0 bridgehead atoms. The molecule has 1 saturated heterocycles. The zero-order chi connectivity index (χ0) is 26.8. The molecule has 2 aliphatic heterocycles. The maximum Gasteiger partial charge on any atom is 0.323 e. The van der Waals surface area contributed by atoms with E-state index in [1.807, 2.05) is 44.2 Å². The van der Waals surface area contributed by atoms with Crippen molar-refractivity contribution in [3.63, 3.8) is 0 Å². The molecule has 0 spiro atoms. The zero-order valence-electron chi connectivity index (χ0n) is 21.1. The molecule has 0 saturated carbocycles. The van der Waals surface area contributed by atoms with E-state index in [2.05, 4.69) is 12.1 Å². The Hall–Kier alpha value is -4.01. The van der Waals surface area contributed by atoms with E-state index in [9.17, 15) is 20.1 Å². The van der Waals surface area contributed by atoms with Crippen molar-refractivity contribution in [1.29, 1.82) is 10.5 Å². The smallest absolute Gasteiger partial charge is 0.323 e. The predicted octanol–water partition coefficient (Wildman–Crippen LogP) is 4.84. The molecule has 1 amide bonds. The van der Waals surface area contributed by atoms with Crippen LogP contribution in [0.2, 0.25) is 0 Å². The van der Waals surface area contributed by atoms with Gasteiger partial charge in [0.2, 0.25) is 5.91 Å². The van der Waals surface area contributed by atoms with E-state index in [-0.39, 0.29) is 17.2 Å². The second-order valence-corrected chi connectivity index (χ2v) is 10.3. The van der Waals surface area contributed by atoms with Gasteiger partial charge in [-0.05, 0) is 47.4 Å². The van der Waals surface area contributed by atoms with Crippen molar-refractivity contribution in [2.75, 3.05) is 20.0 Å². The monoisotopic (exact) mass is 513 g/mol. The summed E-state index contributed by atoms with van der Waals surface area (Å²) < 4.78 is 10.6. The number of ether oxygens (including phenoxy) is 2. The molecule has 0 aromatic heterocycles. The fourth-order valence-corrected chi connectivity index (χ4v) is 6.49. The fourth-order valence-electron chi connectivity index (χ4n) is 5.34.